The van der Waals surface area contributed by atoms with Crippen LogP contribution in [0.25, 0.3) is 0 Å². The van der Waals surface area contributed by atoms with E-state index in [2.05, 4.69) is 15.6 Å². The number of unbranched alkanes of at least 4 members (excludes halogenated alkanes) is 3. The number of hydrogen-bond acceptors (Lipinski definition) is 4. The summed E-state index contributed by atoms with van der Waals surface area (Å²) in [6, 6.07) is 7.38. The lowest BCUT2D eigenvalue weighted by atomic mass is 10.2. The highest BCUT2D eigenvalue weighted by atomic mass is 35.5. The molecule has 25 heavy (non-hydrogen) atoms. The fraction of sp³-hybridized carbons (Fsp3) is 0.444. The average molecular weight is 365 g/mol. The van der Waals surface area contributed by atoms with E-state index in [4.69, 9.17) is 16.3 Å². The van der Waals surface area contributed by atoms with Crippen LogP contribution in [-0.2, 0) is 7.05 Å². The number of carbonyl (C=O) groups is 1. The molecule has 0 saturated heterocycles. The van der Waals surface area contributed by atoms with Crippen molar-refractivity contribution in [2.24, 2.45) is 7.05 Å². The first-order chi connectivity index (χ1) is 12.1. The number of aryl methyl sites for hydroxylation is 1. The van der Waals surface area contributed by atoms with E-state index in [-0.39, 0.29) is 5.91 Å². The third-order valence-corrected chi connectivity index (χ3v) is 4.08. The van der Waals surface area contributed by atoms with Crippen LogP contribution in [-0.4, -0.2) is 35.7 Å². The summed E-state index contributed by atoms with van der Waals surface area (Å²) in [5.41, 5.74) is 0.555. The molecular weight excluding hydrogens is 340 g/mol. The highest BCUT2D eigenvalue weighted by molar-refractivity contribution is 6.30. The number of benzene rings is 1. The number of ether oxygens (including phenoxy) is 1. The normalized spacial score (nSPS) is 10.5. The van der Waals surface area contributed by atoms with Gasteiger partial charge in [-0.3, -0.25) is 4.79 Å². The number of amides is 1. The van der Waals surface area contributed by atoms with Gasteiger partial charge in [0.25, 0.3) is 5.91 Å². The summed E-state index contributed by atoms with van der Waals surface area (Å²) in [4.78, 5) is 16.3. The van der Waals surface area contributed by atoms with Crippen molar-refractivity contribution in [1.82, 2.24) is 14.9 Å². The zero-order valence-corrected chi connectivity index (χ0v) is 15.5. The van der Waals surface area contributed by atoms with Crippen LogP contribution >= 0.6 is 11.6 Å². The zero-order valence-electron chi connectivity index (χ0n) is 14.7. The molecule has 1 heterocycles. The molecule has 2 aromatic rings. The smallest absolute Gasteiger partial charge is 0.271 e. The maximum atomic E-state index is 12.2. The second kappa shape index (κ2) is 9.93. The second-order valence-corrected chi connectivity index (χ2v) is 6.21. The summed E-state index contributed by atoms with van der Waals surface area (Å²) in [5.74, 6) is 1.34. The van der Waals surface area contributed by atoms with Crippen molar-refractivity contribution in [3.8, 4) is 5.75 Å². The molecule has 2 rings (SSSR count). The monoisotopic (exact) mass is 364 g/mol. The van der Waals surface area contributed by atoms with E-state index < -0.39 is 0 Å². The molecule has 0 saturated carbocycles. The molecule has 0 aliphatic heterocycles. The molecule has 1 amide bonds. The average Bonchev–Trinajstić information content (AvgIpc) is 2.99. The van der Waals surface area contributed by atoms with E-state index in [0.717, 1.165) is 31.4 Å². The number of anilines is 1. The summed E-state index contributed by atoms with van der Waals surface area (Å²) in [7, 11) is 3.56. The van der Waals surface area contributed by atoms with Gasteiger partial charge in [-0.2, -0.15) is 0 Å². The zero-order chi connectivity index (χ0) is 18.1. The number of nitrogens with one attached hydrogen (secondary N) is 2. The third-order valence-electron chi connectivity index (χ3n) is 3.83. The van der Waals surface area contributed by atoms with E-state index in [0.29, 0.717) is 29.7 Å². The molecule has 0 fully saturated rings. The van der Waals surface area contributed by atoms with Crippen LogP contribution in [0.5, 0.6) is 5.75 Å². The molecule has 0 atom stereocenters. The maximum Gasteiger partial charge on any atom is 0.271 e. The lowest BCUT2D eigenvalue weighted by Gasteiger charge is -2.08. The number of halogens is 1. The van der Waals surface area contributed by atoms with Gasteiger partial charge in [0.2, 0.25) is 0 Å². The molecule has 0 unspecified atom stereocenters. The van der Waals surface area contributed by atoms with Crippen LogP contribution in [0.15, 0.2) is 30.6 Å². The Balaban J connectivity index is 1.55. The van der Waals surface area contributed by atoms with E-state index in [1.807, 2.05) is 31.3 Å². The van der Waals surface area contributed by atoms with Crippen LogP contribution in [0.3, 0.4) is 0 Å². The first-order valence-electron chi connectivity index (χ1n) is 8.47. The quantitative estimate of drug-likeness (QED) is 0.633. The van der Waals surface area contributed by atoms with Crippen molar-refractivity contribution < 1.29 is 9.53 Å². The first-order valence-corrected chi connectivity index (χ1v) is 8.85. The van der Waals surface area contributed by atoms with E-state index in [1.54, 1.807) is 17.9 Å². The minimum atomic E-state index is -0.101. The molecule has 136 valence electrons. The molecule has 1 aromatic carbocycles. The molecule has 1 aromatic heterocycles. The van der Waals surface area contributed by atoms with Gasteiger partial charge in [-0.15, -0.1) is 0 Å². The number of carbonyl (C=O) groups excluding carboxylic acids is 1. The van der Waals surface area contributed by atoms with E-state index >= 15 is 0 Å². The van der Waals surface area contributed by atoms with Gasteiger partial charge >= 0.3 is 0 Å². The Bertz CT molecular complexity index is 670. The number of hydrogen-bond donors (Lipinski definition) is 2. The Hall–Kier alpha value is -2.21. The second-order valence-electron chi connectivity index (χ2n) is 5.78. The summed E-state index contributed by atoms with van der Waals surface area (Å²) < 4.78 is 7.37. The predicted octanol–water partition coefficient (Wildman–Crippen LogP) is 3.48. The SMILES string of the molecule is CNc1ncn(C)c1C(=O)NCCCCCCOc1ccc(Cl)cc1. The molecule has 6 nitrogen and oxygen atoms in total. The Morgan fingerprint density at radius 1 is 1.20 bits per heavy atom. The third kappa shape index (κ3) is 5.98. The fourth-order valence-electron chi connectivity index (χ4n) is 2.47. The van der Waals surface area contributed by atoms with Crippen LogP contribution in [0.1, 0.15) is 36.2 Å². The van der Waals surface area contributed by atoms with Crippen molar-refractivity contribution in [2.45, 2.75) is 25.7 Å². The van der Waals surface area contributed by atoms with Crippen molar-refractivity contribution >= 4 is 23.3 Å². The number of rotatable bonds is 10. The Kier molecular flexibility index (Phi) is 7.60. The summed E-state index contributed by atoms with van der Waals surface area (Å²) in [6.45, 7) is 1.35. The van der Waals surface area contributed by atoms with Crippen LogP contribution in [0.4, 0.5) is 5.82 Å². The summed E-state index contributed by atoms with van der Waals surface area (Å²) in [5, 5.41) is 6.57. The predicted molar refractivity (Wildman–Crippen MR) is 101 cm³/mol. The Morgan fingerprint density at radius 2 is 1.92 bits per heavy atom. The maximum absolute atomic E-state index is 12.2. The number of nitrogens with zero attached hydrogens (tertiary/aromatic N) is 2. The molecule has 7 heteroatoms. The molecule has 0 spiro atoms. The largest absolute Gasteiger partial charge is 0.494 e. The van der Waals surface area contributed by atoms with Crippen molar-refractivity contribution in [1.29, 1.82) is 0 Å². The van der Waals surface area contributed by atoms with E-state index in [1.165, 1.54) is 0 Å². The summed E-state index contributed by atoms with van der Waals surface area (Å²) in [6.07, 6.45) is 5.68. The highest BCUT2D eigenvalue weighted by Gasteiger charge is 2.15. The number of aromatic nitrogens is 2. The topological polar surface area (TPSA) is 68.2 Å². The first kappa shape index (κ1) is 19.1. The van der Waals surface area contributed by atoms with Crippen LogP contribution in [0.2, 0.25) is 5.02 Å². The van der Waals surface area contributed by atoms with Gasteiger partial charge < -0.3 is 19.9 Å². The van der Waals surface area contributed by atoms with Gasteiger partial charge in [-0.25, -0.2) is 4.98 Å². The Morgan fingerprint density at radius 3 is 2.64 bits per heavy atom. The van der Waals surface area contributed by atoms with Gasteiger partial charge in [-0.05, 0) is 37.1 Å². The Labute approximate surface area is 153 Å². The molecule has 0 radical (unpaired) electrons. The van der Waals surface area contributed by atoms with Gasteiger partial charge in [0.05, 0.1) is 12.9 Å². The fourth-order valence-corrected chi connectivity index (χ4v) is 2.59. The lowest BCUT2D eigenvalue weighted by molar-refractivity contribution is 0.0945. The van der Waals surface area contributed by atoms with Crippen LogP contribution < -0.4 is 15.4 Å². The minimum absolute atomic E-state index is 0.101. The molecule has 0 aliphatic carbocycles. The van der Waals surface area contributed by atoms with Gasteiger partial charge in [0.1, 0.15) is 5.75 Å². The number of imidazole rings is 1. The van der Waals surface area contributed by atoms with Crippen molar-refractivity contribution in [2.75, 3.05) is 25.5 Å². The van der Waals surface area contributed by atoms with Gasteiger partial charge in [-0.1, -0.05) is 24.4 Å². The lowest BCUT2D eigenvalue weighted by Crippen LogP contribution is -2.27. The molecular formula is C18H25ClN4O2. The van der Waals surface area contributed by atoms with Gasteiger partial charge in [0.15, 0.2) is 11.5 Å². The van der Waals surface area contributed by atoms with Crippen molar-refractivity contribution in [3.05, 3.63) is 41.3 Å². The minimum Gasteiger partial charge on any atom is -0.494 e. The van der Waals surface area contributed by atoms with Crippen LogP contribution in [0, 0.1) is 0 Å². The molecule has 0 bridgehead atoms. The molecule has 0 aliphatic rings. The van der Waals surface area contributed by atoms with E-state index in [9.17, 15) is 4.79 Å². The summed E-state index contributed by atoms with van der Waals surface area (Å²) >= 11 is 5.83. The molecule has 2 N–H and O–H groups in total. The van der Waals surface area contributed by atoms with Gasteiger partial charge in [0, 0.05) is 25.7 Å². The highest BCUT2D eigenvalue weighted by Crippen LogP contribution is 2.16. The standard InChI is InChI=1S/C18H25ClN4O2/c1-20-17-16(23(2)13-22-17)18(24)21-11-5-3-4-6-12-25-15-9-7-14(19)8-10-15/h7-10,13,20H,3-6,11-12H2,1-2H3,(H,21,24). The van der Waals surface area contributed by atoms with Crippen molar-refractivity contribution in [3.63, 3.8) is 0 Å².